The summed E-state index contributed by atoms with van der Waals surface area (Å²) in [6, 6.07) is 7.93. The van der Waals surface area contributed by atoms with Crippen molar-refractivity contribution in [3.8, 4) is 0 Å². The van der Waals surface area contributed by atoms with E-state index in [4.69, 9.17) is 11.6 Å². The minimum atomic E-state index is 0.206. The highest BCUT2D eigenvalue weighted by atomic mass is 35.5. The Bertz CT molecular complexity index is 418. The van der Waals surface area contributed by atoms with Crippen LogP contribution in [0.3, 0.4) is 0 Å². The van der Waals surface area contributed by atoms with E-state index < -0.39 is 0 Å². The largest absolute Gasteiger partial charge is 0.340 e. The smallest absolute Gasteiger partial charge is 0.227 e. The lowest BCUT2D eigenvalue weighted by molar-refractivity contribution is -0.133. The third-order valence-corrected chi connectivity index (χ3v) is 3.83. The molecule has 18 heavy (non-hydrogen) atoms. The Labute approximate surface area is 113 Å². The zero-order chi connectivity index (χ0) is 13.1. The molecule has 0 spiro atoms. The first-order chi connectivity index (χ1) is 8.56. The van der Waals surface area contributed by atoms with E-state index >= 15 is 0 Å². The van der Waals surface area contributed by atoms with E-state index in [9.17, 15) is 4.79 Å². The number of piperazine rings is 1. The molecule has 1 aliphatic rings. The van der Waals surface area contributed by atoms with Crippen LogP contribution in [0.2, 0.25) is 5.02 Å². The minimum Gasteiger partial charge on any atom is -0.340 e. The first-order valence-electron chi connectivity index (χ1n) is 6.28. The number of amides is 1. The van der Waals surface area contributed by atoms with Crippen molar-refractivity contribution in [2.75, 3.05) is 26.7 Å². The fourth-order valence-corrected chi connectivity index (χ4v) is 2.29. The highest BCUT2D eigenvalue weighted by Crippen LogP contribution is 2.13. The van der Waals surface area contributed by atoms with E-state index in [1.165, 1.54) is 0 Å². The van der Waals surface area contributed by atoms with Crippen LogP contribution in [-0.4, -0.2) is 48.4 Å². The van der Waals surface area contributed by atoms with Gasteiger partial charge in [0.2, 0.25) is 5.91 Å². The summed E-state index contributed by atoms with van der Waals surface area (Å²) in [5, 5.41) is 0.708. The molecule has 1 unspecified atom stereocenters. The first kappa shape index (κ1) is 13.4. The normalized spacial score (nSPS) is 21.1. The number of carbonyl (C=O) groups excluding carboxylic acids is 1. The maximum absolute atomic E-state index is 12.2. The van der Waals surface area contributed by atoms with E-state index in [0.29, 0.717) is 17.5 Å². The summed E-state index contributed by atoms with van der Waals surface area (Å²) in [4.78, 5) is 16.4. The molecular formula is C14H19ClN2O. The van der Waals surface area contributed by atoms with Gasteiger partial charge in [-0.05, 0) is 31.7 Å². The molecule has 0 radical (unpaired) electrons. The van der Waals surface area contributed by atoms with Gasteiger partial charge in [-0.15, -0.1) is 0 Å². The Kier molecular flexibility index (Phi) is 4.25. The lowest BCUT2D eigenvalue weighted by Gasteiger charge is -2.37. The molecule has 0 bridgehead atoms. The Morgan fingerprint density at radius 3 is 2.61 bits per heavy atom. The van der Waals surface area contributed by atoms with E-state index in [1.807, 2.05) is 29.2 Å². The summed E-state index contributed by atoms with van der Waals surface area (Å²) < 4.78 is 0. The van der Waals surface area contributed by atoms with Gasteiger partial charge >= 0.3 is 0 Å². The molecule has 0 N–H and O–H groups in total. The molecule has 1 heterocycles. The number of rotatable bonds is 2. The van der Waals surface area contributed by atoms with Crippen LogP contribution in [0.4, 0.5) is 0 Å². The molecule has 0 aromatic heterocycles. The Morgan fingerprint density at radius 1 is 1.33 bits per heavy atom. The summed E-state index contributed by atoms with van der Waals surface area (Å²) in [7, 11) is 2.10. The van der Waals surface area contributed by atoms with Crippen LogP contribution in [0.25, 0.3) is 0 Å². The third kappa shape index (κ3) is 3.24. The zero-order valence-corrected chi connectivity index (χ0v) is 11.7. The SMILES string of the molecule is CC1CN(C(=O)Cc2ccc(Cl)cc2)CCN1C. The summed E-state index contributed by atoms with van der Waals surface area (Å²) in [5.41, 5.74) is 1.02. The first-order valence-corrected chi connectivity index (χ1v) is 6.66. The molecule has 1 atom stereocenters. The summed E-state index contributed by atoms with van der Waals surface area (Å²) in [6.45, 7) is 4.76. The number of likely N-dealkylation sites (N-methyl/N-ethyl adjacent to an activating group) is 1. The van der Waals surface area contributed by atoms with Gasteiger partial charge in [0.15, 0.2) is 0 Å². The van der Waals surface area contributed by atoms with Crippen molar-refractivity contribution in [3.05, 3.63) is 34.9 Å². The number of hydrogen-bond acceptors (Lipinski definition) is 2. The molecule has 1 aromatic rings. The molecule has 1 aliphatic heterocycles. The monoisotopic (exact) mass is 266 g/mol. The van der Waals surface area contributed by atoms with Crippen molar-refractivity contribution in [2.45, 2.75) is 19.4 Å². The van der Waals surface area contributed by atoms with Crippen LogP contribution in [0.15, 0.2) is 24.3 Å². The second-order valence-corrected chi connectivity index (χ2v) is 5.41. The zero-order valence-electron chi connectivity index (χ0n) is 10.9. The van der Waals surface area contributed by atoms with Gasteiger partial charge in [0.25, 0.3) is 0 Å². The molecule has 1 amide bonds. The van der Waals surface area contributed by atoms with Gasteiger partial charge in [-0.3, -0.25) is 4.79 Å². The van der Waals surface area contributed by atoms with E-state index in [2.05, 4.69) is 18.9 Å². The number of halogens is 1. The van der Waals surface area contributed by atoms with Crippen molar-refractivity contribution >= 4 is 17.5 Å². The number of benzene rings is 1. The lowest BCUT2D eigenvalue weighted by atomic mass is 10.1. The van der Waals surface area contributed by atoms with Crippen LogP contribution in [0, 0.1) is 0 Å². The van der Waals surface area contributed by atoms with Gasteiger partial charge in [0.1, 0.15) is 0 Å². The molecule has 4 heteroatoms. The fourth-order valence-electron chi connectivity index (χ4n) is 2.16. The Hall–Kier alpha value is -1.06. The Balaban J connectivity index is 1.94. The molecular weight excluding hydrogens is 248 g/mol. The van der Waals surface area contributed by atoms with Gasteiger partial charge in [0, 0.05) is 30.7 Å². The third-order valence-electron chi connectivity index (χ3n) is 3.58. The molecule has 0 aliphatic carbocycles. The fraction of sp³-hybridized carbons (Fsp3) is 0.500. The van der Waals surface area contributed by atoms with Gasteiger partial charge in [0.05, 0.1) is 6.42 Å². The maximum atomic E-state index is 12.2. The number of carbonyl (C=O) groups is 1. The van der Waals surface area contributed by atoms with Crippen molar-refractivity contribution in [1.82, 2.24) is 9.80 Å². The average Bonchev–Trinajstić information content (AvgIpc) is 2.35. The van der Waals surface area contributed by atoms with E-state index in [0.717, 1.165) is 25.2 Å². The van der Waals surface area contributed by atoms with E-state index in [-0.39, 0.29) is 5.91 Å². The van der Waals surface area contributed by atoms with Gasteiger partial charge < -0.3 is 9.80 Å². The molecule has 0 saturated carbocycles. The van der Waals surface area contributed by atoms with Crippen LogP contribution >= 0.6 is 11.6 Å². The van der Waals surface area contributed by atoms with Gasteiger partial charge in [-0.25, -0.2) is 0 Å². The van der Waals surface area contributed by atoms with Gasteiger partial charge in [-0.2, -0.15) is 0 Å². The second-order valence-electron chi connectivity index (χ2n) is 4.97. The number of hydrogen-bond donors (Lipinski definition) is 0. The highest BCUT2D eigenvalue weighted by Gasteiger charge is 2.23. The topological polar surface area (TPSA) is 23.6 Å². The quantitative estimate of drug-likeness (QED) is 0.818. The van der Waals surface area contributed by atoms with Crippen LogP contribution in [0.5, 0.6) is 0 Å². The van der Waals surface area contributed by atoms with E-state index in [1.54, 1.807) is 0 Å². The molecule has 1 fully saturated rings. The number of nitrogens with zero attached hydrogens (tertiary/aromatic N) is 2. The van der Waals surface area contributed by atoms with Crippen molar-refractivity contribution in [3.63, 3.8) is 0 Å². The summed E-state index contributed by atoms with van der Waals surface area (Å²) in [6.07, 6.45) is 0.466. The minimum absolute atomic E-state index is 0.206. The molecule has 1 saturated heterocycles. The molecule has 1 aromatic carbocycles. The molecule has 3 nitrogen and oxygen atoms in total. The average molecular weight is 267 g/mol. The van der Waals surface area contributed by atoms with Crippen molar-refractivity contribution < 1.29 is 4.79 Å². The maximum Gasteiger partial charge on any atom is 0.227 e. The van der Waals surface area contributed by atoms with Gasteiger partial charge in [-0.1, -0.05) is 23.7 Å². The Morgan fingerprint density at radius 2 is 2.00 bits per heavy atom. The van der Waals surface area contributed by atoms with Crippen molar-refractivity contribution in [2.24, 2.45) is 0 Å². The molecule has 98 valence electrons. The van der Waals surface area contributed by atoms with Crippen LogP contribution in [-0.2, 0) is 11.2 Å². The van der Waals surface area contributed by atoms with Crippen LogP contribution in [0.1, 0.15) is 12.5 Å². The molecule has 2 rings (SSSR count). The predicted octanol–water partition coefficient (Wildman–Crippen LogP) is 2.04. The van der Waals surface area contributed by atoms with Crippen LogP contribution < -0.4 is 0 Å². The second kappa shape index (κ2) is 5.72. The van der Waals surface area contributed by atoms with Crippen molar-refractivity contribution in [1.29, 1.82) is 0 Å². The lowest BCUT2D eigenvalue weighted by Crippen LogP contribution is -2.52. The standard InChI is InChI=1S/C14H19ClN2O/c1-11-10-17(8-7-16(11)2)14(18)9-12-3-5-13(15)6-4-12/h3-6,11H,7-10H2,1-2H3. The highest BCUT2D eigenvalue weighted by molar-refractivity contribution is 6.30. The summed E-state index contributed by atoms with van der Waals surface area (Å²) in [5.74, 6) is 0.206. The summed E-state index contributed by atoms with van der Waals surface area (Å²) >= 11 is 5.83. The predicted molar refractivity (Wildman–Crippen MR) is 73.8 cm³/mol.